The number of benzene rings is 1. The van der Waals surface area contributed by atoms with Gasteiger partial charge in [-0.15, -0.1) is 0 Å². The largest absolute Gasteiger partial charge is 0.481 e. The molecule has 5 nitrogen and oxygen atoms in total. The second kappa shape index (κ2) is 9.18. The van der Waals surface area contributed by atoms with E-state index in [0.29, 0.717) is 12.5 Å². The number of alkyl carbamates (subject to hydrolysis) is 1. The highest BCUT2D eigenvalue weighted by Crippen LogP contribution is 2.31. The van der Waals surface area contributed by atoms with E-state index in [1.807, 2.05) is 30.3 Å². The summed E-state index contributed by atoms with van der Waals surface area (Å²) >= 11 is 0. The molecule has 1 amide bonds. The van der Waals surface area contributed by atoms with Gasteiger partial charge in [-0.3, -0.25) is 4.79 Å². The third-order valence-electron chi connectivity index (χ3n) is 4.47. The van der Waals surface area contributed by atoms with E-state index in [-0.39, 0.29) is 18.9 Å². The van der Waals surface area contributed by atoms with Gasteiger partial charge in [-0.1, -0.05) is 62.4 Å². The van der Waals surface area contributed by atoms with Gasteiger partial charge in [0.1, 0.15) is 6.61 Å². The van der Waals surface area contributed by atoms with Gasteiger partial charge in [-0.25, -0.2) is 4.79 Å². The highest BCUT2D eigenvalue weighted by Gasteiger charge is 2.26. The van der Waals surface area contributed by atoms with E-state index in [9.17, 15) is 9.59 Å². The molecule has 0 unspecified atom stereocenters. The molecular weight excluding hydrogens is 294 g/mol. The summed E-state index contributed by atoms with van der Waals surface area (Å²) in [5.74, 6) is -0.439. The van der Waals surface area contributed by atoms with Gasteiger partial charge in [0.15, 0.2) is 0 Å². The van der Waals surface area contributed by atoms with Crippen LogP contribution in [0.1, 0.15) is 44.1 Å². The number of carboxylic acids is 1. The highest BCUT2D eigenvalue weighted by atomic mass is 16.5. The van der Waals surface area contributed by atoms with Crippen molar-refractivity contribution in [2.45, 2.75) is 45.1 Å². The number of carbonyl (C=O) groups is 2. The number of amides is 1. The summed E-state index contributed by atoms with van der Waals surface area (Å²) in [4.78, 5) is 22.9. The molecule has 2 rings (SSSR count). The normalized spacial score (nSPS) is 16.5. The predicted molar refractivity (Wildman–Crippen MR) is 86.9 cm³/mol. The van der Waals surface area contributed by atoms with Gasteiger partial charge in [-0.2, -0.15) is 0 Å². The Hall–Kier alpha value is -2.04. The zero-order valence-electron chi connectivity index (χ0n) is 13.4. The first kappa shape index (κ1) is 17.3. The van der Waals surface area contributed by atoms with E-state index >= 15 is 0 Å². The van der Waals surface area contributed by atoms with Gasteiger partial charge < -0.3 is 15.2 Å². The first-order valence-corrected chi connectivity index (χ1v) is 8.31. The minimum Gasteiger partial charge on any atom is -0.481 e. The lowest BCUT2D eigenvalue weighted by Crippen LogP contribution is -2.35. The van der Waals surface area contributed by atoms with Crippen LogP contribution in [-0.2, 0) is 16.1 Å². The molecule has 23 heavy (non-hydrogen) atoms. The van der Waals surface area contributed by atoms with Crippen LogP contribution in [-0.4, -0.2) is 23.7 Å². The van der Waals surface area contributed by atoms with Crippen molar-refractivity contribution >= 4 is 12.1 Å². The Bertz CT molecular complexity index is 497. The molecule has 1 atom stereocenters. The summed E-state index contributed by atoms with van der Waals surface area (Å²) in [6, 6.07) is 9.47. The maximum absolute atomic E-state index is 11.8. The van der Waals surface area contributed by atoms with Crippen LogP contribution in [0.4, 0.5) is 4.79 Å². The van der Waals surface area contributed by atoms with Crippen LogP contribution in [0.25, 0.3) is 0 Å². The van der Waals surface area contributed by atoms with Gasteiger partial charge in [-0.05, 0) is 17.4 Å². The number of aliphatic carboxylic acids is 1. The molecule has 0 spiro atoms. The van der Waals surface area contributed by atoms with Gasteiger partial charge in [0.2, 0.25) is 0 Å². The number of rotatable bonds is 7. The van der Waals surface area contributed by atoms with E-state index in [2.05, 4.69) is 5.32 Å². The lowest BCUT2D eigenvalue weighted by Gasteiger charge is -2.29. The van der Waals surface area contributed by atoms with Gasteiger partial charge in [0.05, 0.1) is 6.42 Å². The molecule has 1 aliphatic carbocycles. The fourth-order valence-electron chi connectivity index (χ4n) is 3.22. The maximum atomic E-state index is 11.8. The van der Waals surface area contributed by atoms with E-state index in [0.717, 1.165) is 31.2 Å². The Morgan fingerprint density at radius 2 is 1.87 bits per heavy atom. The Morgan fingerprint density at radius 3 is 2.52 bits per heavy atom. The van der Waals surface area contributed by atoms with E-state index in [1.54, 1.807) is 0 Å². The van der Waals surface area contributed by atoms with Crippen molar-refractivity contribution in [3.8, 4) is 0 Å². The Morgan fingerprint density at radius 1 is 1.17 bits per heavy atom. The number of hydrogen-bond donors (Lipinski definition) is 2. The summed E-state index contributed by atoms with van der Waals surface area (Å²) in [7, 11) is 0. The fourth-order valence-corrected chi connectivity index (χ4v) is 3.22. The average molecular weight is 319 g/mol. The summed E-state index contributed by atoms with van der Waals surface area (Å²) in [6.45, 7) is 0.588. The molecule has 1 saturated carbocycles. The lowest BCUT2D eigenvalue weighted by molar-refractivity contribution is -0.138. The average Bonchev–Trinajstić information content (AvgIpc) is 2.58. The third-order valence-corrected chi connectivity index (χ3v) is 4.47. The van der Waals surface area contributed by atoms with Crippen molar-refractivity contribution in [3.05, 3.63) is 35.9 Å². The number of nitrogens with one attached hydrogen (secondary N) is 1. The predicted octanol–water partition coefficient (Wildman–Crippen LogP) is 3.58. The van der Waals surface area contributed by atoms with Crippen LogP contribution in [0, 0.1) is 11.8 Å². The zero-order valence-corrected chi connectivity index (χ0v) is 13.4. The number of carbonyl (C=O) groups excluding carboxylic acids is 1. The van der Waals surface area contributed by atoms with Crippen molar-refractivity contribution in [1.82, 2.24) is 5.32 Å². The third kappa shape index (κ3) is 6.30. The molecule has 1 aromatic rings. The van der Waals surface area contributed by atoms with Crippen molar-refractivity contribution < 1.29 is 19.4 Å². The quantitative estimate of drug-likeness (QED) is 0.805. The van der Waals surface area contributed by atoms with Crippen LogP contribution in [0.2, 0.25) is 0 Å². The first-order valence-electron chi connectivity index (χ1n) is 8.31. The smallest absolute Gasteiger partial charge is 0.407 e. The molecule has 2 N–H and O–H groups in total. The topological polar surface area (TPSA) is 75.6 Å². The molecule has 0 heterocycles. The standard InChI is InChI=1S/C18H25NO4/c20-17(21)11-16(15-9-5-2-6-10-15)12-19-18(22)23-13-14-7-3-1-4-8-14/h1,3-4,7-8,15-16H,2,5-6,9-13H2,(H,19,22)(H,20,21)/t16-/m1/s1. The number of hydrogen-bond acceptors (Lipinski definition) is 3. The second-order valence-electron chi connectivity index (χ2n) is 6.20. The van der Waals surface area contributed by atoms with Crippen LogP contribution >= 0.6 is 0 Å². The van der Waals surface area contributed by atoms with E-state index in [1.165, 1.54) is 6.42 Å². The van der Waals surface area contributed by atoms with Crippen LogP contribution in [0.3, 0.4) is 0 Å². The summed E-state index contributed by atoms with van der Waals surface area (Å²) in [5.41, 5.74) is 0.928. The van der Waals surface area contributed by atoms with E-state index < -0.39 is 12.1 Å². The number of ether oxygens (including phenoxy) is 1. The van der Waals surface area contributed by atoms with Gasteiger partial charge in [0.25, 0.3) is 0 Å². The Kier molecular flexibility index (Phi) is 6.91. The van der Waals surface area contributed by atoms with Crippen molar-refractivity contribution in [1.29, 1.82) is 0 Å². The highest BCUT2D eigenvalue weighted by molar-refractivity contribution is 5.68. The Labute approximate surface area is 137 Å². The maximum Gasteiger partial charge on any atom is 0.407 e. The molecule has 1 aromatic carbocycles. The van der Waals surface area contributed by atoms with Crippen LogP contribution in [0.5, 0.6) is 0 Å². The summed E-state index contributed by atoms with van der Waals surface area (Å²) in [5, 5.41) is 11.8. The lowest BCUT2D eigenvalue weighted by atomic mass is 9.78. The summed E-state index contributed by atoms with van der Waals surface area (Å²) < 4.78 is 5.17. The SMILES string of the molecule is O=C(O)C[C@H](CNC(=O)OCc1ccccc1)C1CCCCC1. The molecule has 1 aliphatic rings. The van der Waals surface area contributed by atoms with Gasteiger partial charge in [0, 0.05) is 6.54 Å². The molecule has 0 aliphatic heterocycles. The number of carboxylic acid groups (broad SMARTS) is 1. The van der Waals surface area contributed by atoms with Gasteiger partial charge >= 0.3 is 12.1 Å². The van der Waals surface area contributed by atoms with E-state index in [4.69, 9.17) is 9.84 Å². The summed E-state index contributed by atoms with van der Waals surface area (Å²) in [6.07, 6.45) is 5.25. The fraction of sp³-hybridized carbons (Fsp3) is 0.556. The zero-order chi connectivity index (χ0) is 16.5. The molecule has 0 bridgehead atoms. The second-order valence-corrected chi connectivity index (χ2v) is 6.20. The minimum absolute atomic E-state index is 0.0166. The van der Waals surface area contributed by atoms with Crippen LogP contribution in [0.15, 0.2) is 30.3 Å². The minimum atomic E-state index is -0.806. The molecule has 0 saturated heterocycles. The molecule has 0 aromatic heterocycles. The molecule has 126 valence electrons. The van der Waals surface area contributed by atoms with Crippen molar-refractivity contribution in [2.24, 2.45) is 11.8 Å². The Balaban J connectivity index is 1.77. The van der Waals surface area contributed by atoms with Crippen molar-refractivity contribution in [3.63, 3.8) is 0 Å². The monoisotopic (exact) mass is 319 g/mol. The van der Waals surface area contributed by atoms with Crippen molar-refractivity contribution in [2.75, 3.05) is 6.54 Å². The molecule has 5 heteroatoms. The molecule has 1 fully saturated rings. The molecule has 0 radical (unpaired) electrons. The van der Waals surface area contributed by atoms with Crippen LogP contribution < -0.4 is 5.32 Å². The first-order chi connectivity index (χ1) is 11.1. The molecular formula is C18H25NO4.